The number of rotatable bonds is 3. The molecule has 1 N–H and O–H groups in total. The van der Waals surface area contributed by atoms with Crippen molar-refractivity contribution in [2.75, 3.05) is 14.2 Å². The van der Waals surface area contributed by atoms with Crippen LogP contribution in [0.15, 0.2) is 35.9 Å². The molecule has 0 bridgehead atoms. The number of carbonyl (C=O) groups is 1. The number of phenolic OH excluding ortho intramolecular Hbond substituents is 1. The maximum atomic E-state index is 12.7. The van der Waals surface area contributed by atoms with E-state index in [0.29, 0.717) is 17.6 Å². The third-order valence-electron chi connectivity index (χ3n) is 4.12. The van der Waals surface area contributed by atoms with Crippen LogP contribution in [0, 0.1) is 0 Å². The van der Waals surface area contributed by atoms with Crippen LogP contribution in [0.5, 0.6) is 17.2 Å². The van der Waals surface area contributed by atoms with Gasteiger partial charge in [-0.3, -0.25) is 4.79 Å². The van der Waals surface area contributed by atoms with Crippen molar-refractivity contribution < 1.29 is 19.4 Å². The summed E-state index contributed by atoms with van der Waals surface area (Å²) in [7, 11) is 3.07. The summed E-state index contributed by atoms with van der Waals surface area (Å²) < 4.78 is 10.3. The summed E-state index contributed by atoms with van der Waals surface area (Å²) in [5.41, 5.74) is 3.12. The van der Waals surface area contributed by atoms with Gasteiger partial charge in [-0.1, -0.05) is 11.6 Å². The van der Waals surface area contributed by atoms with Crippen molar-refractivity contribution in [3.8, 4) is 17.2 Å². The predicted molar refractivity (Wildman–Crippen MR) is 93.3 cm³/mol. The van der Waals surface area contributed by atoms with Crippen LogP contribution in [0.25, 0.3) is 6.08 Å². The third kappa shape index (κ3) is 2.97. The summed E-state index contributed by atoms with van der Waals surface area (Å²) in [6.45, 7) is 0. The number of aryl methyl sites for hydroxylation is 1. The van der Waals surface area contributed by atoms with Gasteiger partial charge >= 0.3 is 0 Å². The summed E-state index contributed by atoms with van der Waals surface area (Å²) >= 11 is 6.01. The summed E-state index contributed by atoms with van der Waals surface area (Å²) in [6, 6.07) is 8.77. The fourth-order valence-electron chi connectivity index (χ4n) is 2.85. The summed E-state index contributed by atoms with van der Waals surface area (Å²) in [5, 5.41) is 9.99. The number of aromatic hydroxyl groups is 1. The minimum Gasteiger partial charge on any atom is -0.503 e. The van der Waals surface area contributed by atoms with E-state index in [2.05, 4.69) is 0 Å². The molecule has 0 amide bonds. The first-order valence-electron chi connectivity index (χ1n) is 7.52. The molecule has 1 aliphatic carbocycles. The lowest BCUT2D eigenvalue weighted by Gasteiger charge is -2.18. The van der Waals surface area contributed by atoms with Crippen molar-refractivity contribution in [3.63, 3.8) is 0 Å². The number of hydrogen-bond acceptors (Lipinski definition) is 4. The Bertz CT molecular complexity index is 840. The first-order valence-corrected chi connectivity index (χ1v) is 7.90. The fourth-order valence-corrected chi connectivity index (χ4v) is 3.07. The molecule has 0 saturated heterocycles. The average molecular weight is 345 g/mol. The number of methoxy groups -OCH3 is 2. The molecule has 0 atom stereocenters. The molecule has 4 nitrogen and oxygen atoms in total. The molecule has 0 unspecified atom stereocenters. The number of fused-ring (bicyclic) bond motifs is 1. The molecule has 0 aromatic heterocycles. The number of phenols is 1. The summed E-state index contributed by atoms with van der Waals surface area (Å²) in [5.74, 6) is 0.933. The Labute approximate surface area is 145 Å². The lowest BCUT2D eigenvalue weighted by molar-refractivity contribution is 0.102. The lowest BCUT2D eigenvalue weighted by Crippen LogP contribution is -2.14. The highest BCUT2D eigenvalue weighted by atomic mass is 35.5. The van der Waals surface area contributed by atoms with Gasteiger partial charge in [0, 0.05) is 11.1 Å². The first-order chi connectivity index (χ1) is 11.5. The number of ketones is 1. The first kappa shape index (κ1) is 16.4. The molecule has 0 aliphatic heterocycles. The smallest absolute Gasteiger partial charge is 0.189 e. The standard InChI is InChI=1S/C19H17ClO4/c1-23-14-5-6-15-12(10-14)3-4-13(18(15)21)7-11-8-16(20)19(22)17(9-11)24-2/h5-10,22H,3-4H2,1-2H3. The van der Waals surface area contributed by atoms with Crippen LogP contribution in [-0.2, 0) is 6.42 Å². The maximum absolute atomic E-state index is 12.7. The number of benzene rings is 2. The van der Waals surface area contributed by atoms with Crippen LogP contribution in [0.3, 0.4) is 0 Å². The third-order valence-corrected chi connectivity index (χ3v) is 4.41. The van der Waals surface area contributed by atoms with Gasteiger partial charge in [-0.2, -0.15) is 0 Å². The van der Waals surface area contributed by atoms with Crippen molar-refractivity contribution in [1.82, 2.24) is 0 Å². The molecule has 0 spiro atoms. The van der Waals surface area contributed by atoms with E-state index < -0.39 is 0 Å². The van der Waals surface area contributed by atoms with Gasteiger partial charge in [-0.25, -0.2) is 0 Å². The largest absolute Gasteiger partial charge is 0.503 e. The quantitative estimate of drug-likeness (QED) is 0.844. The molecule has 0 heterocycles. The van der Waals surface area contributed by atoms with Gasteiger partial charge in [0.1, 0.15) is 5.75 Å². The number of ether oxygens (including phenoxy) is 2. The highest BCUT2D eigenvalue weighted by Gasteiger charge is 2.22. The second-order valence-corrected chi connectivity index (χ2v) is 5.98. The van der Waals surface area contributed by atoms with Crippen molar-refractivity contribution in [2.24, 2.45) is 0 Å². The molecule has 2 aromatic carbocycles. The molecule has 124 valence electrons. The van der Waals surface area contributed by atoms with E-state index >= 15 is 0 Å². The minimum atomic E-state index is -0.103. The second kappa shape index (κ2) is 6.57. The van der Waals surface area contributed by atoms with Crippen molar-refractivity contribution in [3.05, 3.63) is 57.6 Å². The van der Waals surface area contributed by atoms with Crippen molar-refractivity contribution in [2.45, 2.75) is 12.8 Å². The second-order valence-electron chi connectivity index (χ2n) is 5.58. The topological polar surface area (TPSA) is 55.8 Å². The van der Waals surface area contributed by atoms with E-state index in [9.17, 15) is 9.90 Å². The molecular formula is C19H17ClO4. The number of hydrogen-bond donors (Lipinski definition) is 1. The van der Waals surface area contributed by atoms with Crippen molar-refractivity contribution in [1.29, 1.82) is 0 Å². The minimum absolute atomic E-state index is 0.00191. The van der Waals surface area contributed by atoms with Gasteiger partial charge in [0.05, 0.1) is 19.2 Å². The molecule has 5 heteroatoms. The van der Waals surface area contributed by atoms with Crippen LogP contribution in [0.4, 0.5) is 0 Å². The monoisotopic (exact) mass is 344 g/mol. The van der Waals surface area contributed by atoms with E-state index in [4.69, 9.17) is 21.1 Å². The van der Waals surface area contributed by atoms with Gasteiger partial charge in [0.15, 0.2) is 17.3 Å². The highest BCUT2D eigenvalue weighted by Crippen LogP contribution is 2.36. The number of allylic oxidation sites excluding steroid dienone is 1. The van der Waals surface area contributed by atoms with Gasteiger partial charge in [-0.15, -0.1) is 0 Å². The SMILES string of the molecule is COc1ccc2c(c1)CCC(=Cc1cc(Cl)c(O)c(OC)c1)C2=O. The molecule has 2 aromatic rings. The zero-order valence-electron chi connectivity index (χ0n) is 13.4. The Kier molecular flexibility index (Phi) is 4.49. The van der Waals surface area contributed by atoms with E-state index in [1.165, 1.54) is 7.11 Å². The molecule has 0 saturated carbocycles. The lowest BCUT2D eigenvalue weighted by atomic mass is 9.86. The molecule has 24 heavy (non-hydrogen) atoms. The highest BCUT2D eigenvalue weighted by molar-refractivity contribution is 6.32. The fraction of sp³-hybridized carbons (Fsp3) is 0.211. The van der Waals surface area contributed by atoms with E-state index in [-0.39, 0.29) is 22.3 Å². The van der Waals surface area contributed by atoms with Crippen LogP contribution in [0.2, 0.25) is 5.02 Å². The van der Waals surface area contributed by atoms with Crippen LogP contribution in [-0.4, -0.2) is 25.1 Å². The van der Waals surface area contributed by atoms with Crippen LogP contribution in [0.1, 0.15) is 27.9 Å². The Balaban J connectivity index is 1.97. The van der Waals surface area contributed by atoms with Crippen molar-refractivity contribution >= 4 is 23.5 Å². The number of halogens is 1. The summed E-state index contributed by atoms with van der Waals surface area (Å²) in [4.78, 5) is 12.7. The van der Waals surface area contributed by atoms with Gasteiger partial charge < -0.3 is 14.6 Å². The zero-order chi connectivity index (χ0) is 17.3. The predicted octanol–water partition coefficient (Wildman–Crippen LogP) is 4.28. The molecule has 3 rings (SSSR count). The van der Waals surface area contributed by atoms with Gasteiger partial charge in [0.25, 0.3) is 0 Å². The van der Waals surface area contributed by atoms with E-state index in [1.807, 2.05) is 6.07 Å². The van der Waals surface area contributed by atoms with Gasteiger partial charge in [-0.05, 0) is 60.4 Å². The number of carbonyl (C=O) groups excluding carboxylic acids is 1. The van der Waals surface area contributed by atoms with Crippen LogP contribution >= 0.6 is 11.6 Å². The molecule has 0 radical (unpaired) electrons. The number of Topliss-reactive ketones (excluding diaryl/α,β-unsaturated/α-hetero) is 1. The Morgan fingerprint density at radius 3 is 2.62 bits per heavy atom. The summed E-state index contributed by atoms with van der Waals surface area (Å²) in [6.07, 6.45) is 3.20. The Hall–Kier alpha value is -2.46. The maximum Gasteiger partial charge on any atom is 0.189 e. The van der Waals surface area contributed by atoms with E-state index in [1.54, 1.807) is 37.5 Å². The Morgan fingerprint density at radius 2 is 1.92 bits per heavy atom. The average Bonchev–Trinajstić information content (AvgIpc) is 2.60. The Morgan fingerprint density at radius 1 is 1.12 bits per heavy atom. The normalized spacial score (nSPS) is 15.3. The molecule has 0 fully saturated rings. The zero-order valence-corrected chi connectivity index (χ0v) is 14.2. The van der Waals surface area contributed by atoms with E-state index in [0.717, 1.165) is 23.3 Å². The molecule has 1 aliphatic rings. The van der Waals surface area contributed by atoms with Crippen LogP contribution < -0.4 is 9.47 Å². The van der Waals surface area contributed by atoms with Gasteiger partial charge in [0.2, 0.25) is 0 Å². The molecular weight excluding hydrogens is 328 g/mol.